The van der Waals surface area contributed by atoms with Gasteiger partial charge in [0.05, 0.1) is 7.11 Å². The van der Waals surface area contributed by atoms with Crippen LogP contribution in [0.5, 0.6) is 5.75 Å². The smallest absolute Gasteiger partial charge is 0.122 e. The molecule has 0 unspecified atom stereocenters. The molecule has 1 aliphatic rings. The highest BCUT2D eigenvalue weighted by molar-refractivity contribution is 6.17. The molecule has 1 atom stereocenters. The summed E-state index contributed by atoms with van der Waals surface area (Å²) in [7, 11) is 1.76. The fourth-order valence-electron chi connectivity index (χ4n) is 2.68. The van der Waals surface area contributed by atoms with Crippen LogP contribution in [0.15, 0.2) is 18.2 Å². The minimum Gasteiger partial charge on any atom is -0.496 e. The van der Waals surface area contributed by atoms with Crippen LogP contribution in [-0.4, -0.2) is 13.0 Å². The Morgan fingerprint density at radius 2 is 2.25 bits per heavy atom. The van der Waals surface area contributed by atoms with Crippen molar-refractivity contribution in [1.82, 2.24) is 0 Å². The van der Waals surface area contributed by atoms with Crippen LogP contribution in [0.3, 0.4) is 0 Å². The van der Waals surface area contributed by atoms with Gasteiger partial charge in [0.2, 0.25) is 0 Å². The van der Waals surface area contributed by atoms with Crippen molar-refractivity contribution in [3.05, 3.63) is 29.3 Å². The summed E-state index contributed by atoms with van der Waals surface area (Å²) in [6, 6.07) is 6.44. The molecule has 0 fully saturated rings. The summed E-state index contributed by atoms with van der Waals surface area (Å²) in [6.07, 6.45) is 6.10. The fraction of sp³-hybridized carbons (Fsp3) is 0.571. The second-order valence-electron chi connectivity index (χ2n) is 4.45. The first-order chi connectivity index (χ1) is 7.86. The minimum absolute atomic E-state index is 0.730. The maximum absolute atomic E-state index is 5.71. The molecule has 2 heteroatoms. The topological polar surface area (TPSA) is 9.23 Å². The third kappa shape index (κ3) is 2.35. The van der Waals surface area contributed by atoms with Crippen molar-refractivity contribution in [3.63, 3.8) is 0 Å². The Labute approximate surface area is 103 Å². The van der Waals surface area contributed by atoms with Crippen LogP contribution in [0.4, 0.5) is 0 Å². The van der Waals surface area contributed by atoms with Gasteiger partial charge in [-0.3, -0.25) is 0 Å². The third-order valence-electron chi connectivity index (χ3n) is 3.51. The van der Waals surface area contributed by atoms with Crippen LogP contribution < -0.4 is 4.74 Å². The maximum atomic E-state index is 5.71. The number of methoxy groups -OCH3 is 1. The average molecular weight is 239 g/mol. The summed E-state index contributed by atoms with van der Waals surface area (Å²) in [6.45, 7) is 0. The van der Waals surface area contributed by atoms with Gasteiger partial charge in [-0.2, -0.15) is 0 Å². The van der Waals surface area contributed by atoms with Crippen molar-refractivity contribution < 1.29 is 4.74 Å². The van der Waals surface area contributed by atoms with E-state index >= 15 is 0 Å². The summed E-state index contributed by atoms with van der Waals surface area (Å²) in [5.74, 6) is 2.59. The predicted octanol–water partition coefficient (Wildman–Crippen LogP) is 4.13. The van der Waals surface area contributed by atoms with E-state index in [9.17, 15) is 0 Å². The Bertz CT molecular complexity index is 349. The van der Waals surface area contributed by atoms with E-state index in [4.69, 9.17) is 16.3 Å². The molecule has 0 radical (unpaired) electrons. The van der Waals surface area contributed by atoms with Gasteiger partial charge in [-0.25, -0.2) is 0 Å². The summed E-state index contributed by atoms with van der Waals surface area (Å²) >= 11 is 5.71. The summed E-state index contributed by atoms with van der Waals surface area (Å²) in [5, 5.41) is 0. The fourth-order valence-corrected chi connectivity index (χ4v) is 2.87. The van der Waals surface area contributed by atoms with E-state index in [0.717, 1.165) is 24.0 Å². The zero-order valence-corrected chi connectivity index (χ0v) is 10.6. The third-order valence-corrected chi connectivity index (χ3v) is 3.78. The highest BCUT2D eigenvalue weighted by Gasteiger charge is 2.24. The van der Waals surface area contributed by atoms with Gasteiger partial charge in [0.1, 0.15) is 5.75 Å². The molecule has 0 N–H and O–H groups in total. The Morgan fingerprint density at radius 1 is 1.38 bits per heavy atom. The predicted molar refractivity (Wildman–Crippen MR) is 68.6 cm³/mol. The van der Waals surface area contributed by atoms with Gasteiger partial charge in [-0.15, -0.1) is 11.6 Å². The number of halogens is 1. The Morgan fingerprint density at radius 3 is 3.00 bits per heavy atom. The summed E-state index contributed by atoms with van der Waals surface area (Å²) in [5.41, 5.74) is 2.94. The molecule has 0 saturated carbocycles. The van der Waals surface area contributed by atoms with Crippen molar-refractivity contribution in [2.75, 3.05) is 13.0 Å². The molecule has 1 nitrogen and oxygen atoms in total. The lowest BCUT2D eigenvalue weighted by atomic mass is 9.95. The minimum atomic E-state index is 0.730. The lowest BCUT2D eigenvalue weighted by molar-refractivity contribution is 0.410. The molecular weight excluding hydrogens is 220 g/mol. The lowest BCUT2D eigenvalue weighted by Gasteiger charge is -2.12. The van der Waals surface area contributed by atoms with Crippen LogP contribution in [0.1, 0.15) is 42.7 Å². The van der Waals surface area contributed by atoms with Gasteiger partial charge in [-0.1, -0.05) is 18.6 Å². The number of ether oxygens (including phenoxy) is 1. The molecule has 0 saturated heterocycles. The number of unbranched alkanes of at least 4 members (excludes halogenated alkanes) is 1. The van der Waals surface area contributed by atoms with E-state index in [2.05, 4.69) is 18.2 Å². The lowest BCUT2D eigenvalue weighted by Crippen LogP contribution is -1.95. The number of benzene rings is 1. The first kappa shape index (κ1) is 11.8. The number of rotatable bonds is 5. The normalized spacial score (nSPS) is 18.5. The van der Waals surface area contributed by atoms with E-state index in [-0.39, 0.29) is 0 Å². The van der Waals surface area contributed by atoms with E-state index in [1.807, 2.05) is 0 Å². The molecule has 0 aliphatic heterocycles. The highest BCUT2D eigenvalue weighted by atomic mass is 35.5. The number of alkyl halides is 1. The van der Waals surface area contributed by atoms with Crippen molar-refractivity contribution >= 4 is 11.6 Å². The second-order valence-corrected chi connectivity index (χ2v) is 4.83. The quantitative estimate of drug-likeness (QED) is 0.554. The van der Waals surface area contributed by atoms with Crippen molar-refractivity contribution in [2.45, 2.75) is 38.0 Å². The first-order valence-electron chi connectivity index (χ1n) is 6.08. The van der Waals surface area contributed by atoms with Gasteiger partial charge in [0, 0.05) is 5.88 Å². The van der Waals surface area contributed by atoms with Crippen molar-refractivity contribution in [2.24, 2.45) is 0 Å². The van der Waals surface area contributed by atoms with Gasteiger partial charge in [0.15, 0.2) is 0 Å². The number of fused-ring (bicyclic) bond motifs is 1. The van der Waals surface area contributed by atoms with Crippen LogP contribution in [0.2, 0.25) is 0 Å². The van der Waals surface area contributed by atoms with Gasteiger partial charge in [-0.05, 0) is 48.8 Å². The van der Waals surface area contributed by atoms with E-state index < -0.39 is 0 Å². The summed E-state index contributed by atoms with van der Waals surface area (Å²) in [4.78, 5) is 0. The number of hydrogen-bond donors (Lipinski definition) is 0. The Kier molecular flexibility index (Phi) is 4.11. The van der Waals surface area contributed by atoms with Crippen LogP contribution in [0, 0.1) is 0 Å². The zero-order valence-electron chi connectivity index (χ0n) is 9.84. The standard InChI is InChI=1S/C14H19ClO/c1-16-14-7-4-6-12-11(5-2-3-10-15)8-9-13(12)14/h4,6-7,11H,2-3,5,8-10H2,1H3/t11-/m1/s1. The molecule has 0 amide bonds. The summed E-state index contributed by atoms with van der Waals surface area (Å²) < 4.78 is 5.41. The molecule has 0 spiro atoms. The van der Waals surface area contributed by atoms with Gasteiger partial charge >= 0.3 is 0 Å². The van der Waals surface area contributed by atoms with Gasteiger partial charge in [0.25, 0.3) is 0 Å². The highest BCUT2D eigenvalue weighted by Crippen LogP contribution is 2.40. The largest absolute Gasteiger partial charge is 0.496 e. The maximum Gasteiger partial charge on any atom is 0.122 e. The molecule has 0 heterocycles. The molecule has 16 heavy (non-hydrogen) atoms. The zero-order chi connectivity index (χ0) is 11.4. The SMILES string of the molecule is COc1cccc2c1CC[C@H]2CCCCCl. The van der Waals surface area contributed by atoms with Gasteiger partial charge < -0.3 is 4.74 Å². The van der Waals surface area contributed by atoms with E-state index in [1.165, 1.54) is 36.8 Å². The molecule has 2 rings (SSSR count). The Balaban J connectivity index is 2.08. The van der Waals surface area contributed by atoms with Crippen molar-refractivity contribution in [1.29, 1.82) is 0 Å². The number of hydrogen-bond acceptors (Lipinski definition) is 1. The Hall–Kier alpha value is -0.690. The molecule has 0 aromatic heterocycles. The molecule has 0 bridgehead atoms. The molecule has 1 aliphatic carbocycles. The first-order valence-corrected chi connectivity index (χ1v) is 6.62. The monoisotopic (exact) mass is 238 g/mol. The molecule has 1 aromatic rings. The van der Waals surface area contributed by atoms with E-state index in [1.54, 1.807) is 7.11 Å². The van der Waals surface area contributed by atoms with Crippen LogP contribution in [0.25, 0.3) is 0 Å². The second kappa shape index (κ2) is 5.58. The molecule has 88 valence electrons. The van der Waals surface area contributed by atoms with Crippen molar-refractivity contribution in [3.8, 4) is 5.75 Å². The molecular formula is C14H19ClO. The van der Waals surface area contributed by atoms with Crippen LogP contribution in [-0.2, 0) is 6.42 Å². The molecule has 1 aromatic carbocycles. The van der Waals surface area contributed by atoms with Crippen LogP contribution >= 0.6 is 11.6 Å². The van der Waals surface area contributed by atoms with E-state index in [0.29, 0.717) is 0 Å². The average Bonchev–Trinajstić information content (AvgIpc) is 2.73.